The van der Waals surface area contributed by atoms with Crippen molar-refractivity contribution in [1.82, 2.24) is 24.1 Å². The first-order valence-electron chi connectivity index (χ1n) is 17.0. The maximum absolute atomic E-state index is 6.36. The number of hydrogen-bond donors (Lipinski definition) is 0. The molecule has 6 heteroatoms. The average Bonchev–Trinajstić information content (AvgIpc) is 3.86. The molecular formula is C45H27N5O. The van der Waals surface area contributed by atoms with E-state index in [0.29, 0.717) is 17.6 Å². The van der Waals surface area contributed by atoms with Gasteiger partial charge in [0.2, 0.25) is 5.95 Å². The van der Waals surface area contributed by atoms with E-state index in [9.17, 15) is 0 Å². The summed E-state index contributed by atoms with van der Waals surface area (Å²) < 4.78 is 11.0. The molecule has 0 saturated heterocycles. The van der Waals surface area contributed by atoms with Gasteiger partial charge < -0.3 is 8.98 Å². The quantitative estimate of drug-likeness (QED) is 0.190. The van der Waals surface area contributed by atoms with Gasteiger partial charge in [-0.1, -0.05) is 127 Å². The van der Waals surface area contributed by atoms with Crippen LogP contribution in [0.3, 0.4) is 0 Å². The fourth-order valence-electron chi connectivity index (χ4n) is 7.82. The molecule has 0 aliphatic heterocycles. The molecule has 0 aliphatic rings. The van der Waals surface area contributed by atoms with Crippen molar-refractivity contribution in [1.29, 1.82) is 0 Å². The van der Waals surface area contributed by atoms with Gasteiger partial charge >= 0.3 is 0 Å². The SMILES string of the molecule is c1ccc(-c2nc(-c3ccccc3)nc(-n3c4ccccc4c4ccc5c(c6ccccc6n5-c5cccc6oc7ccccc7c56)c43)n2)cc1. The molecule has 0 spiro atoms. The van der Waals surface area contributed by atoms with Gasteiger partial charge in [0.25, 0.3) is 0 Å². The predicted octanol–water partition coefficient (Wildman–Crippen LogP) is 11.3. The second kappa shape index (κ2) is 10.7. The Labute approximate surface area is 291 Å². The summed E-state index contributed by atoms with van der Waals surface area (Å²) in [5, 5.41) is 6.73. The molecule has 51 heavy (non-hydrogen) atoms. The van der Waals surface area contributed by atoms with Crippen LogP contribution in [0.5, 0.6) is 0 Å². The van der Waals surface area contributed by atoms with Crippen LogP contribution in [0.4, 0.5) is 0 Å². The fourth-order valence-corrected chi connectivity index (χ4v) is 7.82. The zero-order valence-electron chi connectivity index (χ0n) is 27.2. The molecule has 0 N–H and O–H groups in total. The molecule has 4 heterocycles. The van der Waals surface area contributed by atoms with Crippen molar-refractivity contribution in [3.63, 3.8) is 0 Å². The van der Waals surface area contributed by atoms with Gasteiger partial charge in [0.05, 0.1) is 33.1 Å². The van der Waals surface area contributed by atoms with E-state index in [0.717, 1.165) is 82.4 Å². The highest BCUT2D eigenvalue weighted by molar-refractivity contribution is 6.26. The number of rotatable bonds is 4. The Kier molecular flexibility index (Phi) is 5.86. The molecule has 0 amide bonds. The third-order valence-corrected chi connectivity index (χ3v) is 9.98. The molecule has 0 radical (unpaired) electrons. The van der Waals surface area contributed by atoms with E-state index in [4.69, 9.17) is 19.4 Å². The summed E-state index contributed by atoms with van der Waals surface area (Å²) in [7, 11) is 0. The van der Waals surface area contributed by atoms with E-state index < -0.39 is 0 Å². The van der Waals surface area contributed by atoms with E-state index in [1.54, 1.807) is 0 Å². The maximum Gasteiger partial charge on any atom is 0.238 e. The van der Waals surface area contributed by atoms with E-state index in [1.807, 2.05) is 72.8 Å². The Morgan fingerprint density at radius 3 is 1.69 bits per heavy atom. The molecule has 6 nitrogen and oxygen atoms in total. The zero-order chi connectivity index (χ0) is 33.5. The number of nitrogens with zero attached hydrogens (tertiary/aromatic N) is 5. The van der Waals surface area contributed by atoms with Gasteiger partial charge in [-0.3, -0.25) is 4.57 Å². The largest absolute Gasteiger partial charge is 0.456 e. The van der Waals surface area contributed by atoms with Crippen molar-refractivity contribution in [2.45, 2.75) is 0 Å². The summed E-state index contributed by atoms with van der Waals surface area (Å²) in [5.41, 5.74) is 8.96. The summed E-state index contributed by atoms with van der Waals surface area (Å²) in [6.45, 7) is 0. The van der Waals surface area contributed by atoms with Gasteiger partial charge in [0.15, 0.2) is 11.6 Å². The summed E-state index contributed by atoms with van der Waals surface area (Å²) >= 11 is 0. The molecule has 0 fully saturated rings. The first kappa shape index (κ1) is 27.9. The molecule has 11 rings (SSSR count). The Morgan fingerprint density at radius 2 is 0.961 bits per heavy atom. The Hall–Kier alpha value is -7.05. The maximum atomic E-state index is 6.36. The monoisotopic (exact) mass is 653 g/mol. The van der Waals surface area contributed by atoms with Crippen LogP contribution in [0.15, 0.2) is 168 Å². The van der Waals surface area contributed by atoms with Crippen molar-refractivity contribution in [3.05, 3.63) is 164 Å². The Morgan fingerprint density at radius 1 is 0.373 bits per heavy atom. The lowest BCUT2D eigenvalue weighted by Crippen LogP contribution is -2.06. The van der Waals surface area contributed by atoms with E-state index in [-0.39, 0.29) is 0 Å². The minimum Gasteiger partial charge on any atom is -0.456 e. The van der Waals surface area contributed by atoms with Crippen molar-refractivity contribution in [2.24, 2.45) is 0 Å². The molecule has 7 aromatic carbocycles. The number of benzene rings is 7. The normalized spacial score (nSPS) is 11.9. The molecule has 0 aliphatic carbocycles. The van der Waals surface area contributed by atoms with E-state index in [1.165, 1.54) is 0 Å². The number of fused-ring (bicyclic) bond motifs is 10. The van der Waals surface area contributed by atoms with Crippen LogP contribution in [0, 0.1) is 0 Å². The van der Waals surface area contributed by atoms with Crippen LogP contribution >= 0.6 is 0 Å². The molecule has 0 bridgehead atoms. The lowest BCUT2D eigenvalue weighted by Gasteiger charge is -2.12. The minimum atomic E-state index is 0.571. The van der Waals surface area contributed by atoms with Crippen LogP contribution in [0.1, 0.15) is 0 Å². The molecule has 11 aromatic rings. The highest BCUT2D eigenvalue weighted by Gasteiger charge is 2.24. The lowest BCUT2D eigenvalue weighted by molar-refractivity contribution is 0.669. The predicted molar refractivity (Wildman–Crippen MR) is 207 cm³/mol. The van der Waals surface area contributed by atoms with Crippen molar-refractivity contribution in [3.8, 4) is 34.4 Å². The standard InChI is InChI=1S/C45H27N5O/c1-3-14-28(15-4-1)43-46-44(29-16-5-2-6-17-29)48-45(47-43)50-34-21-10-7-18-30(34)31-26-27-37-41(42(31)50)32-19-8-11-22-35(32)49(37)36-23-13-25-39-40(36)33-20-9-12-24-38(33)51-39/h1-27H. The third kappa shape index (κ3) is 4.07. The zero-order valence-corrected chi connectivity index (χ0v) is 27.2. The van der Waals surface area contributed by atoms with Gasteiger partial charge in [-0.25, -0.2) is 4.98 Å². The average molecular weight is 654 g/mol. The van der Waals surface area contributed by atoms with Gasteiger partial charge in [-0.05, 0) is 36.4 Å². The molecular weight excluding hydrogens is 627 g/mol. The highest BCUT2D eigenvalue weighted by atomic mass is 16.3. The Bertz CT molecular complexity index is 3080. The number of para-hydroxylation sites is 3. The summed E-state index contributed by atoms with van der Waals surface area (Å²) in [4.78, 5) is 15.4. The third-order valence-electron chi connectivity index (χ3n) is 9.98. The second-order valence-electron chi connectivity index (χ2n) is 12.8. The van der Waals surface area contributed by atoms with Crippen LogP contribution in [0.2, 0.25) is 0 Å². The van der Waals surface area contributed by atoms with Gasteiger partial charge in [0.1, 0.15) is 11.2 Å². The fraction of sp³-hybridized carbons (Fsp3) is 0. The summed E-state index contributed by atoms with van der Waals surface area (Å²) in [6.07, 6.45) is 0. The number of furan rings is 1. The van der Waals surface area contributed by atoms with Gasteiger partial charge in [-0.15, -0.1) is 0 Å². The Balaban J connectivity index is 1.30. The first-order chi connectivity index (χ1) is 25.3. The van der Waals surface area contributed by atoms with Crippen LogP contribution < -0.4 is 0 Å². The smallest absolute Gasteiger partial charge is 0.238 e. The van der Waals surface area contributed by atoms with Gasteiger partial charge in [0, 0.05) is 38.1 Å². The van der Waals surface area contributed by atoms with Crippen LogP contribution in [-0.2, 0) is 0 Å². The number of hydrogen-bond acceptors (Lipinski definition) is 4. The topological polar surface area (TPSA) is 61.7 Å². The van der Waals surface area contributed by atoms with E-state index in [2.05, 4.69) is 100 Å². The van der Waals surface area contributed by atoms with Gasteiger partial charge in [-0.2, -0.15) is 9.97 Å². The lowest BCUT2D eigenvalue weighted by atomic mass is 10.1. The highest BCUT2D eigenvalue weighted by Crippen LogP contribution is 2.43. The first-order valence-corrected chi connectivity index (χ1v) is 17.0. The van der Waals surface area contributed by atoms with E-state index >= 15 is 0 Å². The van der Waals surface area contributed by atoms with Crippen molar-refractivity contribution in [2.75, 3.05) is 0 Å². The minimum absolute atomic E-state index is 0.571. The van der Waals surface area contributed by atoms with Crippen molar-refractivity contribution >= 4 is 65.6 Å². The summed E-state index contributed by atoms with van der Waals surface area (Å²) in [5.74, 6) is 1.82. The van der Waals surface area contributed by atoms with Crippen molar-refractivity contribution < 1.29 is 4.42 Å². The molecule has 0 atom stereocenters. The molecule has 0 unspecified atom stereocenters. The molecule has 4 aromatic heterocycles. The molecule has 0 saturated carbocycles. The molecule has 238 valence electrons. The van der Waals surface area contributed by atoms with Crippen LogP contribution in [-0.4, -0.2) is 24.1 Å². The second-order valence-corrected chi connectivity index (χ2v) is 12.8. The van der Waals surface area contributed by atoms with Crippen LogP contribution in [0.25, 0.3) is 100.0 Å². The summed E-state index contributed by atoms with van der Waals surface area (Å²) in [6, 6.07) is 56.6. The number of aromatic nitrogens is 5.